The predicted octanol–water partition coefficient (Wildman–Crippen LogP) is 5.31. The second-order valence-corrected chi connectivity index (χ2v) is 6.81. The quantitative estimate of drug-likeness (QED) is 0.591. The van der Waals surface area contributed by atoms with Crippen LogP contribution in [0.15, 0.2) is 66.7 Å². The minimum atomic E-state index is -0.407. The van der Waals surface area contributed by atoms with Crippen molar-refractivity contribution in [3.05, 3.63) is 99.3 Å². The molecular weight excluding hydrogens is 402 g/mol. The molecule has 2 N–H and O–H groups in total. The summed E-state index contributed by atoms with van der Waals surface area (Å²) in [7, 11) is 0. The lowest BCUT2D eigenvalue weighted by Gasteiger charge is -2.10. The molecule has 0 saturated carbocycles. The van der Waals surface area contributed by atoms with Gasteiger partial charge in [0.15, 0.2) is 0 Å². The molecule has 0 aromatic heterocycles. The Morgan fingerprint density at radius 2 is 1.64 bits per heavy atom. The molecule has 0 radical (unpaired) electrons. The third kappa shape index (κ3) is 5.09. The maximum Gasteiger partial charge on any atom is 0.255 e. The Morgan fingerprint density at radius 1 is 0.893 bits per heavy atom. The lowest BCUT2D eigenvalue weighted by Crippen LogP contribution is -2.23. The highest BCUT2D eigenvalue weighted by atomic mass is 35.5. The van der Waals surface area contributed by atoms with E-state index in [1.807, 2.05) is 6.07 Å². The van der Waals surface area contributed by atoms with Crippen molar-refractivity contribution in [2.24, 2.45) is 0 Å². The Balaban J connectivity index is 1.63. The zero-order valence-corrected chi connectivity index (χ0v) is 16.0. The van der Waals surface area contributed by atoms with Gasteiger partial charge in [0.05, 0.1) is 10.6 Å². The third-order valence-electron chi connectivity index (χ3n) is 3.92. The minimum absolute atomic E-state index is 0.248. The maximum atomic E-state index is 13.0. The van der Waals surface area contributed by atoms with E-state index in [4.69, 9.17) is 23.2 Å². The Labute approximate surface area is 171 Å². The molecule has 0 atom stereocenters. The second kappa shape index (κ2) is 8.87. The Bertz CT molecular complexity index is 1020. The van der Waals surface area contributed by atoms with Crippen LogP contribution in [0.4, 0.5) is 10.1 Å². The van der Waals surface area contributed by atoms with Gasteiger partial charge in [0.25, 0.3) is 11.8 Å². The first-order valence-corrected chi connectivity index (χ1v) is 9.07. The Hall–Kier alpha value is -2.89. The molecular formula is C21H15Cl2FN2O2. The largest absolute Gasteiger partial charge is 0.348 e. The van der Waals surface area contributed by atoms with Gasteiger partial charge in [-0.05, 0) is 60.2 Å². The van der Waals surface area contributed by atoms with Crippen LogP contribution in [-0.2, 0) is 6.54 Å². The monoisotopic (exact) mass is 416 g/mol. The van der Waals surface area contributed by atoms with E-state index in [1.54, 1.807) is 30.3 Å². The average molecular weight is 417 g/mol. The molecule has 4 nitrogen and oxygen atoms in total. The van der Waals surface area contributed by atoms with E-state index in [2.05, 4.69) is 10.6 Å². The normalized spacial score (nSPS) is 10.4. The summed E-state index contributed by atoms with van der Waals surface area (Å²) in [5.74, 6) is -1.09. The van der Waals surface area contributed by atoms with Crippen LogP contribution in [-0.4, -0.2) is 11.8 Å². The van der Waals surface area contributed by atoms with Crippen molar-refractivity contribution in [1.82, 2.24) is 5.32 Å². The van der Waals surface area contributed by atoms with Gasteiger partial charge >= 0.3 is 0 Å². The van der Waals surface area contributed by atoms with E-state index in [9.17, 15) is 14.0 Å². The molecule has 7 heteroatoms. The standard InChI is InChI=1S/C21H15Cl2FN2O2/c22-15-6-9-18(19(23)11-15)21(28)25-12-13-2-1-3-17(10-13)26-20(27)14-4-7-16(24)8-5-14/h1-11H,12H2,(H,25,28)(H,26,27). The molecule has 0 fully saturated rings. The molecule has 28 heavy (non-hydrogen) atoms. The number of hydrogen-bond acceptors (Lipinski definition) is 2. The summed E-state index contributed by atoms with van der Waals surface area (Å²) in [5, 5.41) is 6.23. The van der Waals surface area contributed by atoms with Crippen molar-refractivity contribution in [2.45, 2.75) is 6.54 Å². The molecule has 0 spiro atoms. The lowest BCUT2D eigenvalue weighted by molar-refractivity contribution is 0.0950. The summed E-state index contributed by atoms with van der Waals surface area (Å²) in [6.07, 6.45) is 0. The first-order chi connectivity index (χ1) is 13.4. The van der Waals surface area contributed by atoms with Crippen molar-refractivity contribution in [2.75, 3.05) is 5.32 Å². The van der Waals surface area contributed by atoms with E-state index >= 15 is 0 Å². The van der Waals surface area contributed by atoms with Crippen LogP contribution in [0.2, 0.25) is 10.0 Å². The fourth-order valence-corrected chi connectivity index (χ4v) is 3.01. The van der Waals surface area contributed by atoms with Crippen LogP contribution in [0.25, 0.3) is 0 Å². The highest BCUT2D eigenvalue weighted by Gasteiger charge is 2.11. The molecule has 0 saturated heterocycles. The molecule has 142 valence electrons. The number of amides is 2. The van der Waals surface area contributed by atoms with E-state index in [0.29, 0.717) is 21.8 Å². The number of rotatable bonds is 5. The topological polar surface area (TPSA) is 58.2 Å². The van der Waals surface area contributed by atoms with Gasteiger partial charge in [-0.25, -0.2) is 4.39 Å². The number of halogens is 3. The van der Waals surface area contributed by atoms with Crippen LogP contribution in [0.1, 0.15) is 26.3 Å². The van der Waals surface area contributed by atoms with Crippen molar-refractivity contribution in [3.8, 4) is 0 Å². The zero-order valence-electron chi connectivity index (χ0n) is 14.5. The van der Waals surface area contributed by atoms with Crippen molar-refractivity contribution < 1.29 is 14.0 Å². The number of carbonyl (C=O) groups excluding carboxylic acids is 2. The van der Waals surface area contributed by atoms with Gasteiger partial charge in [-0.1, -0.05) is 35.3 Å². The number of benzene rings is 3. The number of carbonyl (C=O) groups is 2. The van der Waals surface area contributed by atoms with Gasteiger partial charge < -0.3 is 10.6 Å². The molecule has 3 rings (SSSR count). The fourth-order valence-electron chi connectivity index (χ4n) is 2.51. The highest BCUT2D eigenvalue weighted by molar-refractivity contribution is 6.36. The third-order valence-corrected chi connectivity index (χ3v) is 4.47. The van der Waals surface area contributed by atoms with Gasteiger partial charge in [-0.2, -0.15) is 0 Å². The molecule has 0 aliphatic heterocycles. The fraction of sp³-hybridized carbons (Fsp3) is 0.0476. The van der Waals surface area contributed by atoms with E-state index in [0.717, 1.165) is 5.56 Å². The molecule has 3 aromatic carbocycles. The first-order valence-electron chi connectivity index (χ1n) is 8.31. The molecule has 3 aromatic rings. The SMILES string of the molecule is O=C(Nc1cccc(CNC(=O)c2ccc(Cl)cc2Cl)c1)c1ccc(F)cc1. The van der Waals surface area contributed by atoms with Crippen LogP contribution in [0.5, 0.6) is 0 Å². The maximum absolute atomic E-state index is 13.0. The van der Waals surface area contributed by atoms with Crippen molar-refractivity contribution >= 4 is 40.7 Å². The van der Waals surface area contributed by atoms with E-state index < -0.39 is 5.82 Å². The van der Waals surface area contributed by atoms with Gasteiger partial charge in [-0.15, -0.1) is 0 Å². The van der Waals surface area contributed by atoms with Gasteiger partial charge in [0.2, 0.25) is 0 Å². The van der Waals surface area contributed by atoms with Gasteiger partial charge in [0, 0.05) is 22.8 Å². The smallest absolute Gasteiger partial charge is 0.255 e. The van der Waals surface area contributed by atoms with Crippen molar-refractivity contribution in [1.29, 1.82) is 0 Å². The summed E-state index contributed by atoms with van der Waals surface area (Å²) in [5.41, 5.74) is 2.02. The summed E-state index contributed by atoms with van der Waals surface area (Å²) in [6.45, 7) is 0.248. The summed E-state index contributed by atoms with van der Waals surface area (Å²) in [4.78, 5) is 24.5. The molecule has 0 unspecified atom stereocenters. The summed E-state index contributed by atoms with van der Waals surface area (Å²) >= 11 is 11.9. The molecule has 0 aliphatic rings. The van der Waals surface area contributed by atoms with Gasteiger partial charge in [0.1, 0.15) is 5.82 Å². The first kappa shape index (κ1) is 19.9. The highest BCUT2D eigenvalue weighted by Crippen LogP contribution is 2.21. The van der Waals surface area contributed by atoms with Crippen LogP contribution in [0.3, 0.4) is 0 Å². The number of anilines is 1. The minimum Gasteiger partial charge on any atom is -0.348 e. The zero-order chi connectivity index (χ0) is 20.1. The number of hydrogen-bond donors (Lipinski definition) is 2. The van der Waals surface area contributed by atoms with Crippen LogP contribution >= 0.6 is 23.2 Å². The summed E-state index contributed by atoms with van der Waals surface area (Å²) < 4.78 is 13.0. The van der Waals surface area contributed by atoms with Crippen LogP contribution < -0.4 is 10.6 Å². The average Bonchev–Trinajstić information content (AvgIpc) is 2.67. The molecule has 0 aliphatic carbocycles. The second-order valence-electron chi connectivity index (χ2n) is 5.97. The van der Waals surface area contributed by atoms with Crippen molar-refractivity contribution in [3.63, 3.8) is 0 Å². The molecule has 2 amide bonds. The Morgan fingerprint density at radius 3 is 2.36 bits per heavy atom. The molecule has 0 heterocycles. The van der Waals surface area contributed by atoms with Gasteiger partial charge in [-0.3, -0.25) is 9.59 Å². The van der Waals surface area contributed by atoms with E-state index in [1.165, 1.54) is 30.3 Å². The predicted molar refractivity (Wildman–Crippen MR) is 108 cm³/mol. The lowest BCUT2D eigenvalue weighted by atomic mass is 10.1. The van der Waals surface area contributed by atoms with E-state index in [-0.39, 0.29) is 23.4 Å². The van der Waals surface area contributed by atoms with Crippen LogP contribution in [0, 0.1) is 5.82 Å². The Kier molecular flexibility index (Phi) is 6.29. The summed E-state index contributed by atoms with van der Waals surface area (Å²) in [6, 6.07) is 17.0. The number of nitrogens with one attached hydrogen (secondary N) is 2. The molecule has 0 bridgehead atoms.